The molecule has 1 aromatic rings. The highest BCUT2D eigenvalue weighted by Gasteiger charge is 2.29. The third-order valence-electron chi connectivity index (χ3n) is 4.32. The van der Waals surface area contributed by atoms with E-state index in [0.717, 1.165) is 6.07 Å². The lowest BCUT2D eigenvalue weighted by Crippen LogP contribution is -2.43. The third kappa shape index (κ3) is 4.52. The van der Waals surface area contributed by atoms with Crippen LogP contribution >= 0.6 is 0 Å². The predicted octanol–water partition coefficient (Wildman–Crippen LogP) is 1.89. The van der Waals surface area contributed by atoms with Crippen LogP contribution < -0.4 is 0 Å². The standard InChI is InChI=1S/C17H20F2N2O4/c1-11(22)21(10-15(23)24)12-4-3-8-20(9-7-12)17(25)13-5-2-6-14(18)16(13)19/h2,5-6,12H,3-4,7-10H2,1H3,(H,23,24)/t12-/m0/s1. The van der Waals surface area contributed by atoms with Gasteiger partial charge in [0.2, 0.25) is 5.91 Å². The van der Waals surface area contributed by atoms with E-state index in [4.69, 9.17) is 5.11 Å². The lowest BCUT2D eigenvalue weighted by atomic mass is 10.1. The van der Waals surface area contributed by atoms with Crippen molar-refractivity contribution < 1.29 is 28.3 Å². The fraction of sp³-hybridized carbons (Fsp3) is 0.471. The topological polar surface area (TPSA) is 77.9 Å². The van der Waals surface area contributed by atoms with Crippen LogP contribution in [0, 0.1) is 11.6 Å². The molecule has 0 radical (unpaired) electrons. The Morgan fingerprint density at radius 2 is 1.96 bits per heavy atom. The van der Waals surface area contributed by atoms with Crippen molar-refractivity contribution in [3.63, 3.8) is 0 Å². The van der Waals surface area contributed by atoms with Crippen molar-refractivity contribution in [2.24, 2.45) is 0 Å². The van der Waals surface area contributed by atoms with E-state index in [1.54, 1.807) is 0 Å². The van der Waals surface area contributed by atoms with Crippen LogP contribution in [0.3, 0.4) is 0 Å². The molecule has 1 aromatic carbocycles. The summed E-state index contributed by atoms with van der Waals surface area (Å²) in [6.07, 6.45) is 1.47. The van der Waals surface area contributed by atoms with E-state index >= 15 is 0 Å². The molecule has 25 heavy (non-hydrogen) atoms. The van der Waals surface area contributed by atoms with Crippen molar-refractivity contribution >= 4 is 17.8 Å². The van der Waals surface area contributed by atoms with Crippen molar-refractivity contribution in [2.45, 2.75) is 32.2 Å². The molecule has 1 N–H and O–H groups in total. The molecule has 2 rings (SSSR count). The number of carboxylic acid groups (broad SMARTS) is 1. The van der Waals surface area contributed by atoms with Gasteiger partial charge in [-0.15, -0.1) is 0 Å². The summed E-state index contributed by atoms with van der Waals surface area (Å²) in [6, 6.07) is 3.15. The summed E-state index contributed by atoms with van der Waals surface area (Å²) in [5, 5.41) is 8.94. The predicted molar refractivity (Wildman–Crippen MR) is 84.9 cm³/mol. The van der Waals surface area contributed by atoms with E-state index in [2.05, 4.69) is 0 Å². The van der Waals surface area contributed by atoms with Gasteiger partial charge < -0.3 is 14.9 Å². The Labute approximate surface area is 144 Å². The van der Waals surface area contributed by atoms with Crippen LogP contribution in [0.2, 0.25) is 0 Å². The number of nitrogens with zero attached hydrogens (tertiary/aromatic N) is 2. The maximum Gasteiger partial charge on any atom is 0.323 e. The zero-order valence-electron chi connectivity index (χ0n) is 13.9. The zero-order valence-corrected chi connectivity index (χ0v) is 13.9. The zero-order chi connectivity index (χ0) is 18.6. The van der Waals surface area contributed by atoms with Crippen LogP contribution in [0.25, 0.3) is 0 Å². The first-order valence-electron chi connectivity index (χ1n) is 8.03. The largest absolute Gasteiger partial charge is 0.480 e. The quantitative estimate of drug-likeness (QED) is 0.896. The van der Waals surface area contributed by atoms with Crippen molar-refractivity contribution in [3.05, 3.63) is 35.4 Å². The van der Waals surface area contributed by atoms with Crippen molar-refractivity contribution in [1.82, 2.24) is 9.80 Å². The molecule has 1 aliphatic rings. The lowest BCUT2D eigenvalue weighted by Gasteiger charge is -2.28. The van der Waals surface area contributed by atoms with Gasteiger partial charge in [0.15, 0.2) is 11.6 Å². The summed E-state index contributed by atoms with van der Waals surface area (Å²) in [5.41, 5.74) is -0.326. The second-order valence-electron chi connectivity index (χ2n) is 6.02. The first-order chi connectivity index (χ1) is 11.8. The van der Waals surface area contributed by atoms with Crippen molar-refractivity contribution in [1.29, 1.82) is 0 Å². The van der Waals surface area contributed by atoms with E-state index in [9.17, 15) is 23.2 Å². The Balaban J connectivity index is 2.10. The number of benzene rings is 1. The minimum absolute atomic E-state index is 0.239. The number of halogens is 2. The first-order valence-corrected chi connectivity index (χ1v) is 8.03. The summed E-state index contributed by atoms with van der Waals surface area (Å²) in [7, 11) is 0. The van der Waals surface area contributed by atoms with Crippen LogP contribution in [-0.2, 0) is 9.59 Å². The van der Waals surface area contributed by atoms with Crippen LogP contribution in [0.15, 0.2) is 18.2 Å². The molecule has 6 nitrogen and oxygen atoms in total. The Morgan fingerprint density at radius 3 is 2.60 bits per heavy atom. The minimum Gasteiger partial charge on any atom is -0.480 e. The Hall–Kier alpha value is -2.51. The molecule has 1 fully saturated rings. The third-order valence-corrected chi connectivity index (χ3v) is 4.32. The molecule has 0 aliphatic carbocycles. The molecule has 0 bridgehead atoms. The molecular weight excluding hydrogens is 334 g/mol. The van der Waals surface area contributed by atoms with Crippen LogP contribution in [0.1, 0.15) is 36.5 Å². The molecule has 0 saturated carbocycles. The van der Waals surface area contributed by atoms with Crippen LogP contribution in [-0.4, -0.2) is 58.4 Å². The maximum absolute atomic E-state index is 13.8. The first kappa shape index (κ1) is 18.8. The highest BCUT2D eigenvalue weighted by molar-refractivity contribution is 5.94. The monoisotopic (exact) mass is 354 g/mol. The summed E-state index contributed by atoms with van der Waals surface area (Å²) < 4.78 is 27.1. The summed E-state index contributed by atoms with van der Waals surface area (Å²) in [5.74, 6) is -4.31. The summed E-state index contributed by atoms with van der Waals surface area (Å²) >= 11 is 0. The number of carbonyl (C=O) groups is 3. The van der Waals surface area contributed by atoms with Gasteiger partial charge in [-0.1, -0.05) is 6.07 Å². The number of hydrogen-bond donors (Lipinski definition) is 1. The minimum atomic E-state index is -1.18. The molecular formula is C17H20F2N2O4. The normalized spacial score (nSPS) is 17.7. The van der Waals surface area contributed by atoms with E-state index in [1.807, 2.05) is 0 Å². The molecule has 0 spiro atoms. The van der Waals surface area contributed by atoms with Gasteiger partial charge in [0.05, 0.1) is 5.56 Å². The van der Waals surface area contributed by atoms with E-state index in [-0.39, 0.29) is 24.1 Å². The van der Waals surface area contributed by atoms with Crippen molar-refractivity contribution in [2.75, 3.05) is 19.6 Å². The number of hydrogen-bond acceptors (Lipinski definition) is 3. The highest BCUT2D eigenvalue weighted by atomic mass is 19.2. The highest BCUT2D eigenvalue weighted by Crippen LogP contribution is 2.20. The van der Waals surface area contributed by atoms with E-state index in [0.29, 0.717) is 25.8 Å². The Kier molecular flexibility index (Phi) is 6.06. The van der Waals surface area contributed by atoms with Gasteiger partial charge in [-0.2, -0.15) is 0 Å². The fourth-order valence-corrected chi connectivity index (χ4v) is 3.08. The lowest BCUT2D eigenvalue weighted by molar-refractivity contribution is -0.145. The Morgan fingerprint density at radius 1 is 1.24 bits per heavy atom. The molecule has 8 heteroatoms. The number of carboxylic acids is 1. The fourth-order valence-electron chi connectivity index (χ4n) is 3.08. The van der Waals surface area contributed by atoms with Gasteiger partial charge in [0.25, 0.3) is 5.91 Å². The van der Waals surface area contributed by atoms with Gasteiger partial charge in [0, 0.05) is 26.1 Å². The van der Waals surface area contributed by atoms with Crippen LogP contribution in [0.4, 0.5) is 8.78 Å². The molecule has 2 amide bonds. The molecule has 0 unspecified atom stereocenters. The van der Waals surface area contributed by atoms with E-state index < -0.39 is 30.1 Å². The molecule has 1 saturated heterocycles. The molecule has 136 valence electrons. The second-order valence-corrected chi connectivity index (χ2v) is 6.02. The molecule has 1 aliphatic heterocycles. The average molecular weight is 354 g/mol. The summed E-state index contributed by atoms with van der Waals surface area (Å²) in [4.78, 5) is 37.8. The van der Waals surface area contributed by atoms with Crippen LogP contribution in [0.5, 0.6) is 0 Å². The maximum atomic E-state index is 13.8. The molecule has 0 aromatic heterocycles. The number of carbonyl (C=O) groups excluding carboxylic acids is 2. The van der Waals surface area contributed by atoms with Gasteiger partial charge in [-0.25, -0.2) is 8.78 Å². The number of aliphatic carboxylic acids is 1. The van der Waals surface area contributed by atoms with E-state index in [1.165, 1.54) is 28.9 Å². The SMILES string of the molecule is CC(=O)N(CC(=O)O)[C@H]1CCCN(C(=O)c2cccc(F)c2F)CC1. The molecule has 1 heterocycles. The average Bonchev–Trinajstić information content (AvgIpc) is 2.80. The second kappa shape index (κ2) is 8.04. The van der Waals surface area contributed by atoms with Gasteiger partial charge in [-0.05, 0) is 31.4 Å². The number of amides is 2. The van der Waals surface area contributed by atoms with Gasteiger partial charge in [0.1, 0.15) is 6.54 Å². The smallest absolute Gasteiger partial charge is 0.323 e. The Bertz CT molecular complexity index is 681. The number of likely N-dealkylation sites (tertiary alicyclic amines) is 1. The summed E-state index contributed by atoms with van der Waals surface area (Å²) in [6.45, 7) is 1.48. The number of rotatable bonds is 4. The van der Waals surface area contributed by atoms with Gasteiger partial charge >= 0.3 is 5.97 Å². The van der Waals surface area contributed by atoms with Crippen molar-refractivity contribution in [3.8, 4) is 0 Å². The van der Waals surface area contributed by atoms with Gasteiger partial charge in [-0.3, -0.25) is 14.4 Å². The molecule has 1 atom stereocenters.